The van der Waals surface area contributed by atoms with Crippen molar-refractivity contribution in [3.05, 3.63) is 46.2 Å². The average Bonchev–Trinajstić information content (AvgIpc) is 2.82. The number of rotatable bonds is 5. The molecule has 0 unspecified atom stereocenters. The standard InChI is InChI=1S/C13H15N3OS/c14-10-1-2-11(13(15)17)12(7-10)16-5-3-9-4-6-18-8-9/h1-2,4,6-8,16H,3,5,14H2,(H2,15,17). The number of carbonyl (C=O) groups excluding carboxylic acids is 1. The fraction of sp³-hybridized carbons (Fsp3) is 0.154. The minimum Gasteiger partial charge on any atom is -0.399 e. The van der Waals surface area contributed by atoms with Crippen molar-refractivity contribution in [1.82, 2.24) is 0 Å². The van der Waals surface area contributed by atoms with Gasteiger partial charge in [-0.05, 0) is 47.0 Å². The normalized spacial score (nSPS) is 10.2. The summed E-state index contributed by atoms with van der Waals surface area (Å²) in [6.45, 7) is 0.737. The Morgan fingerprint density at radius 3 is 2.83 bits per heavy atom. The molecule has 18 heavy (non-hydrogen) atoms. The van der Waals surface area contributed by atoms with E-state index < -0.39 is 5.91 Å². The third-order valence-electron chi connectivity index (χ3n) is 2.62. The van der Waals surface area contributed by atoms with Gasteiger partial charge in [0.15, 0.2) is 0 Å². The van der Waals surface area contributed by atoms with Crippen LogP contribution < -0.4 is 16.8 Å². The zero-order valence-corrected chi connectivity index (χ0v) is 10.7. The summed E-state index contributed by atoms with van der Waals surface area (Å²) in [5, 5.41) is 7.35. The topological polar surface area (TPSA) is 81.1 Å². The fourth-order valence-corrected chi connectivity index (χ4v) is 2.40. The summed E-state index contributed by atoms with van der Waals surface area (Å²) in [7, 11) is 0. The smallest absolute Gasteiger partial charge is 0.250 e. The predicted octanol–water partition coefficient (Wildman–Crippen LogP) is 2.08. The van der Waals surface area contributed by atoms with Gasteiger partial charge in [0.1, 0.15) is 0 Å². The number of primary amides is 1. The second kappa shape index (κ2) is 5.55. The molecule has 0 bridgehead atoms. The van der Waals surface area contributed by atoms with E-state index in [-0.39, 0.29) is 0 Å². The molecule has 2 rings (SSSR count). The molecule has 0 radical (unpaired) electrons. The molecule has 5 heteroatoms. The lowest BCUT2D eigenvalue weighted by Crippen LogP contribution is -2.15. The monoisotopic (exact) mass is 261 g/mol. The number of nitrogens with two attached hydrogens (primary N) is 2. The van der Waals surface area contributed by atoms with Gasteiger partial charge in [0.2, 0.25) is 0 Å². The highest BCUT2D eigenvalue weighted by atomic mass is 32.1. The molecule has 0 fully saturated rings. The first-order chi connectivity index (χ1) is 8.66. The maximum atomic E-state index is 11.3. The molecule has 4 nitrogen and oxygen atoms in total. The summed E-state index contributed by atoms with van der Waals surface area (Å²) >= 11 is 1.67. The van der Waals surface area contributed by atoms with Crippen molar-refractivity contribution in [2.45, 2.75) is 6.42 Å². The number of amides is 1. The number of hydrogen-bond donors (Lipinski definition) is 3. The third-order valence-corrected chi connectivity index (χ3v) is 3.35. The zero-order valence-electron chi connectivity index (χ0n) is 9.85. The quantitative estimate of drug-likeness (QED) is 0.721. The molecule has 5 N–H and O–H groups in total. The summed E-state index contributed by atoms with van der Waals surface area (Å²) < 4.78 is 0. The van der Waals surface area contributed by atoms with Gasteiger partial charge in [0.25, 0.3) is 5.91 Å². The zero-order chi connectivity index (χ0) is 13.0. The van der Waals surface area contributed by atoms with Crippen molar-refractivity contribution >= 4 is 28.6 Å². The van der Waals surface area contributed by atoms with Crippen molar-refractivity contribution in [3.8, 4) is 0 Å². The molecule has 1 aromatic carbocycles. The Labute approximate surface area is 110 Å². The van der Waals surface area contributed by atoms with E-state index in [0.717, 1.165) is 13.0 Å². The molecule has 0 aliphatic heterocycles. The van der Waals surface area contributed by atoms with E-state index >= 15 is 0 Å². The second-order valence-corrected chi connectivity index (χ2v) is 4.76. The molecule has 1 heterocycles. The van der Waals surface area contributed by atoms with Crippen LogP contribution in [-0.4, -0.2) is 12.5 Å². The molecule has 0 spiro atoms. The molecule has 1 amide bonds. The van der Waals surface area contributed by atoms with E-state index in [2.05, 4.69) is 16.8 Å². The van der Waals surface area contributed by atoms with Gasteiger partial charge in [-0.25, -0.2) is 0 Å². The van der Waals surface area contributed by atoms with Gasteiger partial charge in [0.05, 0.1) is 5.56 Å². The van der Waals surface area contributed by atoms with Crippen molar-refractivity contribution in [2.75, 3.05) is 17.6 Å². The fourth-order valence-electron chi connectivity index (χ4n) is 1.70. The van der Waals surface area contributed by atoms with Crippen LogP contribution in [0.3, 0.4) is 0 Å². The van der Waals surface area contributed by atoms with E-state index in [9.17, 15) is 4.79 Å². The summed E-state index contributed by atoms with van der Waals surface area (Å²) in [6.07, 6.45) is 0.899. The van der Waals surface area contributed by atoms with Crippen LogP contribution in [0.1, 0.15) is 15.9 Å². The lowest BCUT2D eigenvalue weighted by Gasteiger charge is -2.10. The number of anilines is 2. The number of thiophene rings is 1. The Morgan fingerprint density at radius 1 is 1.33 bits per heavy atom. The Balaban J connectivity index is 2.03. The highest BCUT2D eigenvalue weighted by Gasteiger charge is 2.07. The van der Waals surface area contributed by atoms with E-state index in [0.29, 0.717) is 16.9 Å². The van der Waals surface area contributed by atoms with Crippen LogP contribution in [0.5, 0.6) is 0 Å². The molecular weight excluding hydrogens is 246 g/mol. The summed E-state index contributed by atoms with van der Waals surface area (Å²) in [6, 6.07) is 7.13. The van der Waals surface area contributed by atoms with Crippen molar-refractivity contribution < 1.29 is 4.79 Å². The Morgan fingerprint density at radius 2 is 2.17 bits per heavy atom. The maximum Gasteiger partial charge on any atom is 0.250 e. The van der Waals surface area contributed by atoms with Gasteiger partial charge in [-0.1, -0.05) is 0 Å². The number of nitrogens with one attached hydrogen (secondary N) is 1. The van der Waals surface area contributed by atoms with Gasteiger partial charge in [-0.15, -0.1) is 0 Å². The predicted molar refractivity (Wildman–Crippen MR) is 75.9 cm³/mol. The molecule has 2 aromatic rings. The van der Waals surface area contributed by atoms with Crippen LogP contribution in [0, 0.1) is 0 Å². The van der Waals surface area contributed by atoms with Crippen LogP contribution in [0.25, 0.3) is 0 Å². The van der Waals surface area contributed by atoms with Crippen LogP contribution in [0.15, 0.2) is 35.0 Å². The largest absolute Gasteiger partial charge is 0.399 e. The Bertz CT molecular complexity index is 537. The summed E-state index contributed by atoms with van der Waals surface area (Å²) in [5.41, 5.74) is 14.1. The number of carbonyl (C=O) groups is 1. The summed E-state index contributed by atoms with van der Waals surface area (Å²) in [5.74, 6) is -0.451. The molecule has 0 aliphatic carbocycles. The molecule has 0 atom stereocenters. The lowest BCUT2D eigenvalue weighted by atomic mass is 10.1. The maximum absolute atomic E-state index is 11.3. The van der Waals surface area contributed by atoms with Gasteiger partial charge in [-0.3, -0.25) is 4.79 Å². The van der Waals surface area contributed by atoms with Gasteiger partial charge < -0.3 is 16.8 Å². The first-order valence-corrected chi connectivity index (χ1v) is 6.55. The van der Waals surface area contributed by atoms with E-state index in [1.807, 2.05) is 5.38 Å². The van der Waals surface area contributed by atoms with Gasteiger partial charge >= 0.3 is 0 Å². The first kappa shape index (κ1) is 12.4. The van der Waals surface area contributed by atoms with Crippen molar-refractivity contribution in [2.24, 2.45) is 5.73 Å². The van der Waals surface area contributed by atoms with Crippen LogP contribution in [0.2, 0.25) is 0 Å². The second-order valence-electron chi connectivity index (χ2n) is 3.98. The highest BCUT2D eigenvalue weighted by Crippen LogP contribution is 2.19. The Kier molecular flexibility index (Phi) is 3.84. The molecule has 94 valence electrons. The summed E-state index contributed by atoms with van der Waals surface area (Å²) in [4.78, 5) is 11.3. The van der Waals surface area contributed by atoms with Crippen LogP contribution in [-0.2, 0) is 6.42 Å². The van der Waals surface area contributed by atoms with E-state index in [1.165, 1.54) is 5.56 Å². The molecule has 1 aromatic heterocycles. The third kappa shape index (κ3) is 3.01. The number of nitrogen functional groups attached to an aromatic ring is 1. The van der Waals surface area contributed by atoms with Gasteiger partial charge in [-0.2, -0.15) is 11.3 Å². The highest BCUT2D eigenvalue weighted by molar-refractivity contribution is 7.07. The minimum absolute atomic E-state index is 0.451. The van der Waals surface area contributed by atoms with E-state index in [1.54, 1.807) is 29.5 Å². The molecule has 0 aliphatic rings. The lowest BCUT2D eigenvalue weighted by molar-refractivity contribution is 0.100. The SMILES string of the molecule is NC(=O)c1ccc(N)cc1NCCc1ccsc1. The number of hydrogen-bond acceptors (Lipinski definition) is 4. The average molecular weight is 261 g/mol. The van der Waals surface area contributed by atoms with Crippen LogP contribution >= 0.6 is 11.3 Å². The molecular formula is C13H15N3OS. The number of benzene rings is 1. The van der Waals surface area contributed by atoms with Crippen molar-refractivity contribution in [3.63, 3.8) is 0 Å². The first-order valence-electron chi connectivity index (χ1n) is 5.61. The Hall–Kier alpha value is -2.01. The van der Waals surface area contributed by atoms with Gasteiger partial charge in [0, 0.05) is 17.9 Å². The minimum atomic E-state index is -0.451. The van der Waals surface area contributed by atoms with Crippen LogP contribution in [0.4, 0.5) is 11.4 Å². The van der Waals surface area contributed by atoms with E-state index in [4.69, 9.17) is 11.5 Å². The molecule has 0 saturated heterocycles. The molecule has 0 saturated carbocycles. The van der Waals surface area contributed by atoms with Crippen molar-refractivity contribution in [1.29, 1.82) is 0 Å².